The fourth-order valence-corrected chi connectivity index (χ4v) is 3.12. The molecule has 2 heterocycles. The minimum Gasteiger partial charge on any atom is -0.463 e. The molecule has 0 aromatic carbocycles. The quantitative estimate of drug-likeness (QED) is 0.320. The van der Waals surface area contributed by atoms with Gasteiger partial charge in [0, 0.05) is 13.1 Å². The predicted molar refractivity (Wildman–Crippen MR) is 117 cm³/mol. The highest BCUT2D eigenvalue weighted by Gasteiger charge is 2.26. The average Bonchev–Trinajstić information content (AvgIpc) is 3.02. The monoisotopic (exact) mass is 478 g/mol. The van der Waals surface area contributed by atoms with Crippen molar-refractivity contribution in [2.45, 2.75) is 45.6 Å². The standard InChI is InChI=1S/C19H34N4O2.HI/c1-5-20-18(21-11-8-16-9-12-23(4)13-10-16)22-14-19(3,24)17-7-6-15(2)25-17;/h6-7,16,24H,5,8-14H2,1-4H3,(H2,20,21,22);1H. The van der Waals surface area contributed by atoms with Crippen molar-refractivity contribution in [1.82, 2.24) is 15.5 Å². The van der Waals surface area contributed by atoms with Crippen LogP contribution in [0, 0.1) is 12.8 Å². The molecule has 26 heavy (non-hydrogen) atoms. The van der Waals surface area contributed by atoms with Gasteiger partial charge in [0.05, 0.1) is 6.54 Å². The van der Waals surface area contributed by atoms with Crippen molar-refractivity contribution in [1.29, 1.82) is 0 Å². The van der Waals surface area contributed by atoms with Crippen molar-refractivity contribution in [3.63, 3.8) is 0 Å². The minimum atomic E-state index is -1.11. The van der Waals surface area contributed by atoms with Gasteiger partial charge in [0.1, 0.15) is 17.1 Å². The number of aliphatic hydroxyl groups is 1. The minimum absolute atomic E-state index is 0. The molecule has 0 radical (unpaired) electrons. The molecule has 1 fully saturated rings. The summed E-state index contributed by atoms with van der Waals surface area (Å²) in [5.41, 5.74) is -1.11. The lowest BCUT2D eigenvalue weighted by Gasteiger charge is -2.29. The summed E-state index contributed by atoms with van der Waals surface area (Å²) in [6.07, 6.45) is 3.71. The van der Waals surface area contributed by atoms with Crippen molar-refractivity contribution >= 4 is 29.9 Å². The van der Waals surface area contributed by atoms with E-state index in [-0.39, 0.29) is 30.5 Å². The van der Waals surface area contributed by atoms with E-state index in [4.69, 9.17) is 4.42 Å². The van der Waals surface area contributed by atoms with Crippen LogP contribution in [-0.4, -0.2) is 55.7 Å². The topological polar surface area (TPSA) is 73.0 Å². The Hall–Kier alpha value is -0.800. The molecular formula is C19H35IN4O2. The van der Waals surface area contributed by atoms with Crippen molar-refractivity contribution in [3.8, 4) is 0 Å². The summed E-state index contributed by atoms with van der Waals surface area (Å²) in [6.45, 7) is 10.00. The summed E-state index contributed by atoms with van der Waals surface area (Å²) in [7, 11) is 2.19. The molecule has 0 spiro atoms. The van der Waals surface area contributed by atoms with Crippen LogP contribution in [0.15, 0.2) is 21.5 Å². The van der Waals surface area contributed by atoms with Crippen LogP contribution in [0.25, 0.3) is 0 Å². The molecule has 3 N–H and O–H groups in total. The normalized spacial score (nSPS) is 18.9. The molecule has 1 aliphatic heterocycles. The Kier molecular flexibility index (Phi) is 9.95. The zero-order valence-corrected chi connectivity index (χ0v) is 18.9. The number of nitrogens with zero attached hydrogens (tertiary/aromatic N) is 2. The van der Waals surface area contributed by atoms with E-state index in [1.807, 2.05) is 26.0 Å². The van der Waals surface area contributed by atoms with Crippen molar-refractivity contribution in [3.05, 3.63) is 23.7 Å². The molecule has 6 nitrogen and oxygen atoms in total. The first-order valence-corrected chi connectivity index (χ1v) is 9.40. The molecule has 0 saturated carbocycles. The van der Waals surface area contributed by atoms with E-state index in [1.54, 1.807) is 6.92 Å². The summed E-state index contributed by atoms with van der Waals surface area (Å²) in [5.74, 6) is 2.89. The molecule has 0 aliphatic carbocycles. The van der Waals surface area contributed by atoms with Gasteiger partial charge in [0.15, 0.2) is 5.96 Å². The first kappa shape index (κ1) is 23.2. The molecule has 1 atom stereocenters. The Bertz CT molecular complexity index is 551. The fourth-order valence-electron chi connectivity index (χ4n) is 3.12. The first-order valence-electron chi connectivity index (χ1n) is 9.40. The van der Waals surface area contributed by atoms with Gasteiger partial charge in [0.25, 0.3) is 0 Å². The van der Waals surface area contributed by atoms with Gasteiger partial charge in [-0.1, -0.05) is 0 Å². The van der Waals surface area contributed by atoms with Gasteiger partial charge in [-0.15, -0.1) is 24.0 Å². The third kappa shape index (κ3) is 7.44. The second kappa shape index (κ2) is 11.1. The molecule has 0 amide bonds. The average molecular weight is 478 g/mol. The summed E-state index contributed by atoms with van der Waals surface area (Å²) in [4.78, 5) is 6.94. The molecule has 2 rings (SSSR count). The zero-order valence-electron chi connectivity index (χ0n) is 16.5. The number of halogens is 1. The Morgan fingerprint density at radius 2 is 2.04 bits per heavy atom. The van der Waals surface area contributed by atoms with E-state index in [0.29, 0.717) is 5.76 Å². The van der Waals surface area contributed by atoms with E-state index in [0.717, 1.165) is 37.1 Å². The molecule has 1 aromatic rings. The Labute approximate surface area is 174 Å². The van der Waals surface area contributed by atoms with Gasteiger partial charge in [-0.3, -0.25) is 0 Å². The van der Waals surface area contributed by atoms with Crippen LogP contribution in [0.1, 0.15) is 44.6 Å². The number of hydrogen-bond acceptors (Lipinski definition) is 4. The maximum atomic E-state index is 10.6. The zero-order chi connectivity index (χ0) is 18.3. The van der Waals surface area contributed by atoms with Crippen LogP contribution in [0.4, 0.5) is 0 Å². The number of likely N-dealkylation sites (tertiary alicyclic amines) is 1. The van der Waals surface area contributed by atoms with Gasteiger partial charge in [-0.05, 0) is 78.2 Å². The number of piperidine rings is 1. The van der Waals surface area contributed by atoms with Crippen LogP contribution >= 0.6 is 24.0 Å². The highest BCUT2D eigenvalue weighted by Crippen LogP contribution is 2.23. The predicted octanol–water partition coefficient (Wildman–Crippen LogP) is 2.70. The molecule has 1 aromatic heterocycles. The van der Waals surface area contributed by atoms with Crippen LogP contribution in [0.3, 0.4) is 0 Å². The van der Waals surface area contributed by atoms with Crippen LogP contribution < -0.4 is 10.6 Å². The van der Waals surface area contributed by atoms with Gasteiger partial charge in [-0.25, -0.2) is 4.99 Å². The number of hydrogen-bond donors (Lipinski definition) is 3. The SMILES string of the molecule is CCNC(=NCC(C)(O)c1ccc(C)o1)NCCC1CCN(C)CC1.I. The van der Waals surface area contributed by atoms with Crippen molar-refractivity contribution in [2.75, 3.05) is 39.8 Å². The number of guanidine groups is 1. The van der Waals surface area contributed by atoms with E-state index < -0.39 is 5.60 Å². The summed E-state index contributed by atoms with van der Waals surface area (Å²) < 4.78 is 5.55. The summed E-state index contributed by atoms with van der Waals surface area (Å²) in [5, 5.41) is 17.2. The first-order chi connectivity index (χ1) is 11.9. The van der Waals surface area contributed by atoms with E-state index in [2.05, 4.69) is 27.6 Å². The van der Waals surface area contributed by atoms with Crippen LogP contribution in [0.2, 0.25) is 0 Å². The number of aryl methyl sites for hydroxylation is 1. The van der Waals surface area contributed by atoms with E-state index in [1.165, 1.54) is 25.9 Å². The smallest absolute Gasteiger partial charge is 0.191 e. The van der Waals surface area contributed by atoms with E-state index in [9.17, 15) is 5.11 Å². The third-order valence-corrected chi connectivity index (χ3v) is 4.84. The van der Waals surface area contributed by atoms with Gasteiger partial charge >= 0.3 is 0 Å². The molecule has 1 unspecified atom stereocenters. The lowest BCUT2D eigenvalue weighted by molar-refractivity contribution is 0.0428. The molecule has 1 saturated heterocycles. The largest absolute Gasteiger partial charge is 0.463 e. The highest BCUT2D eigenvalue weighted by molar-refractivity contribution is 14.0. The Morgan fingerprint density at radius 3 is 2.62 bits per heavy atom. The number of furan rings is 1. The third-order valence-electron chi connectivity index (χ3n) is 4.84. The fraction of sp³-hybridized carbons (Fsp3) is 0.737. The molecule has 0 bridgehead atoms. The van der Waals surface area contributed by atoms with E-state index >= 15 is 0 Å². The lowest BCUT2D eigenvalue weighted by atomic mass is 9.94. The second-order valence-electron chi connectivity index (χ2n) is 7.34. The highest BCUT2D eigenvalue weighted by atomic mass is 127. The Balaban J connectivity index is 0.00000338. The van der Waals surface area contributed by atoms with Gasteiger partial charge in [0.2, 0.25) is 0 Å². The molecule has 7 heteroatoms. The summed E-state index contributed by atoms with van der Waals surface area (Å²) in [6, 6.07) is 3.67. The molecule has 150 valence electrons. The van der Waals surface area contributed by atoms with Crippen LogP contribution in [-0.2, 0) is 5.60 Å². The van der Waals surface area contributed by atoms with Crippen LogP contribution in [0.5, 0.6) is 0 Å². The number of aliphatic imine (C=N–C) groups is 1. The van der Waals surface area contributed by atoms with Crippen molar-refractivity contribution < 1.29 is 9.52 Å². The maximum absolute atomic E-state index is 10.6. The number of nitrogens with one attached hydrogen (secondary N) is 2. The number of rotatable bonds is 7. The maximum Gasteiger partial charge on any atom is 0.191 e. The van der Waals surface area contributed by atoms with Gasteiger partial charge < -0.3 is 25.1 Å². The van der Waals surface area contributed by atoms with Gasteiger partial charge in [-0.2, -0.15) is 0 Å². The summed E-state index contributed by atoms with van der Waals surface area (Å²) >= 11 is 0. The lowest BCUT2D eigenvalue weighted by Crippen LogP contribution is -2.40. The second-order valence-corrected chi connectivity index (χ2v) is 7.34. The molecule has 1 aliphatic rings. The Morgan fingerprint density at radius 1 is 1.35 bits per heavy atom. The molecular weight excluding hydrogens is 443 g/mol. The van der Waals surface area contributed by atoms with Crippen molar-refractivity contribution in [2.24, 2.45) is 10.9 Å².